The molecule has 0 bridgehead atoms. The quantitative estimate of drug-likeness (QED) is 0.0281. The van der Waals surface area contributed by atoms with Crippen LogP contribution in [0.25, 0.3) is 0 Å². The third-order valence-corrected chi connectivity index (χ3v) is 19.1. The average molecular weight is 1050 g/mol. The summed E-state index contributed by atoms with van der Waals surface area (Å²) in [5, 5.41) is 0. The van der Waals surface area contributed by atoms with Gasteiger partial charge >= 0.3 is 17.9 Å². The van der Waals surface area contributed by atoms with Crippen LogP contribution in [0.15, 0.2) is 66.3 Å². The number of fused-ring (bicyclic) bond motifs is 5. The van der Waals surface area contributed by atoms with E-state index in [2.05, 4.69) is 76.8 Å². The molecule has 0 radical (unpaired) electrons. The number of carbonyl (C=O) groups is 3. The van der Waals surface area contributed by atoms with Crippen LogP contribution in [0, 0.1) is 46.3 Å². The van der Waals surface area contributed by atoms with E-state index >= 15 is 0 Å². The second-order valence-corrected chi connectivity index (χ2v) is 25.1. The minimum Gasteiger partial charge on any atom is -0.466 e. The first-order chi connectivity index (χ1) is 36.9. The predicted octanol–water partition coefficient (Wildman–Crippen LogP) is 16.1. The van der Waals surface area contributed by atoms with Gasteiger partial charge < -0.3 is 23.7 Å². The summed E-state index contributed by atoms with van der Waals surface area (Å²) in [5.41, 5.74) is 3.17. The number of benzene rings is 1. The lowest BCUT2D eigenvalue weighted by molar-refractivity contribution is -0.155. The number of rotatable bonds is 36. The monoisotopic (exact) mass is 1050 g/mol. The highest BCUT2D eigenvalue weighted by Crippen LogP contribution is 2.67. The standard InChI is InChI=1S/C67H107NO8/c1-7-8-9-10-11-12-13-14-15-16-17-18-19-20-21-25-45-72-51-57(49-68-44-27-33-62(68)65(71)75-50-54-31-23-22-24-32-54)73-46-28-47-74-63(69)38-39-64(70)76-56-40-42-66(5)55(48-56)34-35-58-60-37-36-59(53(4)30-26-29-52(2)3)67(60,6)43-41-61(58)66/h11-12,14-15,22-24,31-32,34,52-53,56-62H,7-10,13,16-21,25-30,33,35-51H2,1-6H3/b12-11-,15-14-/t53?,56-,57?,58?,59?,60?,61?,62?,66-,67+/m0/s1. The topological polar surface area (TPSA) is 101 Å². The molecule has 6 rings (SSSR count). The lowest BCUT2D eigenvalue weighted by atomic mass is 9.47. The third-order valence-electron chi connectivity index (χ3n) is 19.1. The van der Waals surface area contributed by atoms with Crippen molar-refractivity contribution >= 4 is 17.9 Å². The third kappa shape index (κ3) is 19.5. The van der Waals surface area contributed by atoms with Crippen LogP contribution in [0.2, 0.25) is 0 Å². The molecule has 1 aliphatic heterocycles. The predicted molar refractivity (Wildman–Crippen MR) is 308 cm³/mol. The Balaban J connectivity index is 0.863. The van der Waals surface area contributed by atoms with Crippen molar-refractivity contribution in [3.63, 3.8) is 0 Å². The molecule has 1 aromatic rings. The van der Waals surface area contributed by atoms with Gasteiger partial charge in [0, 0.05) is 26.0 Å². The van der Waals surface area contributed by atoms with Gasteiger partial charge in [0.05, 0.1) is 38.8 Å². The van der Waals surface area contributed by atoms with Crippen molar-refractivity contribution in [1.82, 2.24) is 4.90 Å². The summed E-state index contributed by atoms with van der Waals surface area (Å²) in [7, 11) is 0. The summed E-state index contributed by atoms with van der Waals surface area (Å²) >= 11 is 0. The summed E-state index contributed by atoms with van der Waals surface area (Å²) < 4.78 is 30.0. The van der Waals surface area contributed by atoms with Crippen LogP contribution < -0.4 is 0 Å². The smallest absolute Gasteiger partial charge is 0.323 e. The Morgan fingerprint density at radius 3 is 2.26 bits per heavy atom. The fourth-order valence-electron chi connectivity index (χ4n) is 14.7. The number of hydrogen-bond acceptors (Lipinski definition) is 9. The van der Waals surface area contributed by atoms with Crippen LogP contribution in [0.1, 0.15) is 227 Å². The lowest BCUT2D eigenvalue weighted by Gasteiger charge is -2.58. The summed E-state index contributed by atoms with van der Waals surface area (Å²) in [6, 6.07) is 9.50. The fourth-order valence-corrected chi connectivity index (χ4v) is 14.7. The largest absolute Gasteiger partial charge is 0.466 e. The molecule has 9 nitrogen and oxygen atoms in total. The van der Waals surface area contributed by atoms with Gasteiger partial charge in [0.1, 0.15) is 18.8 Å². The Kier molecular flexibility index (Phi) is 27.2. The maximum atomic E-state index is 13.3. The maximum Gasteiger partial charge on any atom is 0.323 e. The van der Waals surface area contributed by atoms with E-state index in [0.29, 0.717) is 38.2 Å². The summed E-state index contributed by atoms with van der Waals surface area (Å²) in [4.78, 5) is 41.4. The first-order valence-electron chi connectivity index (χ1n) is 31.4. The van der Waals surface area contributed by atoms with Crippen LogP contribution >= 0.6 is 0 Å². The van der Waals surface area contributed by atoms with Gasteiger partial charge in [0.15, 0.2) is 0 Å². The number of ether oxygens (including phenoxy) is 5. The molecule has 7 unspecified atom stereocenters. The summed E-state index contributed by atoms with van der Waals surface area (Å²) in [6.07, 6.45) is 41.7. The van der Waals surface area contributed by atoms with Gasteiger partial charge in [-0.25, -0.2) is 0 Å². The Bertz CT molecular complexity index is 1930. The molecular weight excluding hydrogens is 947 g/mol. The molecule has 0 amide bonds. The van der Waals surface area contributed by atoms with Crippen molar-refractivity contribution in [1.29, 1.82) is 0 Å². The molecule has 4 fully saturated rings. The molecule has 428 valence electrons. The van der Waals surface area contributed by atoms with E-state index in [1.165, 1.54) is 108 Å². The van der Waals surface area contributed by atoms with Crippen molar-refractivity contribution in [2.24, 2.45) is 46.3 Å². The highest BCUT2D eigenvalue weighted by molar-refractivity contribution is 5.78. The summed E-state index contributed by atoms with van der Waals surface area (Å²) in [5.74, 6) is 3.92. The number of nitrogens with zero attached hydrogens (tertiary/aromatic N) is 1. The number of likely N-dealkylation sites (tertiary alicyclic amines) is 1. The van der Waals surface area contributed by atoms with E-state index in [1.54, 1.807) is 0 Å². The van der Waals surface area contributed by atoms with Crippen LogP contribution in [0.4, 0.5) is 0 Å². The molecule has 4 aliphatic carbocycles. The number of carbonyl (C=O) groups excluding carboxylic acids is 3. The van der Waals surface area contributed by atoms with Gasteiger partial charge in [-0.2, -0.15) is 0 Å². The Morgan fingerprint density at radius 2 is 1.49 bits per heavy atom. The molecule has 0 N–H and O–H groups in total. The molecule has 10 atom stereocenters. The van der Waals surface area contributed by atoms with Crippen molar-refractivity contribution in [3.05, 3.63) is 71.8 Å². The average Bonchev–Trinajstić information content (AvgIpc) is 4.09. The Morgan fingerprint density at radius 1 is 0.737 bits per heavy atom. The molecule has 1 saturated heterocycles. The Labute approximate surface area is 462 Å². The van der Waals surface area contributed by atoms with Gasteiger partial charge in [-0.3, -0.25) is 19.3 Å². The maximum absolute atomic E-state index is 13.3. The van der Waals surface area contributed by atoms with Crippen LogP contribution in [-0.2, 0) is 44.7 Å². The molecule has 0 spiro atoms. The van der Waals surface area contributed by atoms with Crippen LogP contribution in [0.3, 0.4) is 0 Å². The summed E-state index contributed by atoms with van der Waals surface area (Å²) in [6.45, 7) is 18.1. The second-order valence-electron chi connectivity index (χ2n) is 25.1. The van der Waals surface area contributed by atoms with Crippen LogP contribution in [0.5, 0.6) is 0 Å². The molecule has 76 heavy (non-hydrogen) atoms. The molecule has 1 heterocycles. The minimum atomic E-state index is -0.389. The fraction of sp³-hybridized carbons (Fsp3) is 0.776. The molecule has 5 aliphatic rings. The first-order valence-corrected chi connectivity index (χ1v) is 31.4. The molecule has 9 heteroatoms. The van der Waals surface area contributed by atoms with Crippen molar-refractivity contribution < 1.29 is 38.1 Å². The van der Waals surface area contributed by atoms with E-state index in [1.807, 2.05) is 30.3 Å². The normalized spacial score (nSPS) is 27.3. The van der Waals surface area contributed by atoms with Crippen LogP contribution in [-0.4, -0.2) is 80.6 Å². The SMILES string of the molecule is CCCCC/C=C\C/C=C\CCCCCCCCOCC(CN1CCCC1C(=O)OCc1ccccc1)OCCCOC(=O)CCC(=O)O[C@H]1CC[C@@]2(C)C(=CCC3C4CCC(C(C)CCCC(C)C)[C@@]4(C)CCC32)C1. The minimum absolute atomic E-state index is 0.00988. The van der Waals surface area contributed by atoms with Gasteiger partial charge in [-0.1, -0.05) is 166 Å². The van der Waals surface area contributed by atoms with E-state index in [4.69, 9.17) is 23.7 Å². The van der Waals surface area contributed by atoms with Gasteiger partial charge in [-0.05, 0) is 155 Å². The van der Waals surface area contributed by atoms with Crippen molar-refractivity contribution in [3.8, 4) is 0 Å². The van der Waals surface area contributed by atoms with Gasteiger partial charge in [-0.15, -0.1) is 0 Å². The highest BCUT2D eigenvalue weighted by atomic mass is 16.6. The van der Waals surface area contributed by atoms with E-state index in [9.17, 15) is 14.4 Å². The number of esters is 3. The van der Waals surface area contributed by atoms with E-state index in [-0.39, 0.29) is 67.6 Å². The second kappa shape index (κ2) is 33.4. The van der Waals surface area contributed by atoms with E-state index < -0.39 is 0 Å². The number of allylic oxidation sites excluding steroid dienone is 5. The zero-order chi connectivity index (χ0) is 54.0. The molecule has 0 aromatic heterocycles. The zero-order valence-corrected chi connectivity index (χ0v) is 48.9. The molecule has 1 aromatic carbocycles. The lowest BCUT2D eigenvalue weighted by Crippen LogP contribution is -2.51. The zero-order valence-electron chi connectivity index (χ0n) is 48.9. The van der Waals surface area contributed by atoms with E-state index in [0.717, 1.165) is 105 Å². The number of unbranched alkanes of at least 4 members (excludes halogenated alkanes) is 9. The Hall–Kier alpha value is -3.27. The van der Waals surface area contributed by atoms with Crippen molar-refractivity contribution in [2.45, 2.75) is 246 Å². The van der Waals surface area contributed by atoms with Gasteiger partial charge in [0.25, 0.3) is 0 Å². The highest BCUT2D eigenvalue weighted by Gasteiger charge is 2.59. The molecule has 3 saturated carbocycles. The number of hydrogen-bond donors (Lipinski definition) is 0. The molecular formula is C67H107NO8. The first kappa shape index (κ1) is 61.9. The van der Waals surface area contributed by atoms with Crippen molar-refractivity contribution in [2.75, 3.05) is 39.5 Å². The van der Waals surface area contributed by atoms with Gasteiger partial charge in [0.2, 0.25) is 0 Å².